The number of ether oxygens (including phenoxy) is 2. The van der Waals surface area contributed by atoms with E-state index in [2.05, 4.69) is 6.92 Å². The Morgan fingerprint density at radius 2 is 2.05 bits per heavy atom. The van der Waals surface area contributed by atoms with Crippen LogP contribution in [0.4, 0.5) is 0 Å². The van der Waals surface area contributed by atoms with E-state index < -0.39 is 17.7 Å². The van der Waals surface area contributed by atoms with Gasteiger partial charge in [0.15, 0.2) is 0 Å². The van der Waals surface area contributed by atoms with Crippen molar-refractivity contribution in [2.75, 3.05) is 0 Å². The Labute approximate surface area is 134 Å². The molecule has 2 aliphatic rings. The molecule has 0 spiro atoms. The van der Waals surface area contributed by atoms with Gasteiger partial charge in [-0.3, -0.25) is 0 Å². The van der Waals surface area contributed by atoms with Gasteiger partial charge in [0.2, 0.25) is 0 Å². The average molecular weight is 321 g/mol. The predicted molar refractivity (Wildman–Crippen MR) is 81.4 cm³/mol. The fourth-order valence-corrected chi connectivity index (χ4v) is 3.24. The number of benzene rings is 1. The van der Waals surface area contributed by atoms with Gasteiger partial charge in [0, 0.05) is 22.6 Å². The van der Waals surface area contributed by atoms with E-state index in [1.54, 1.807) is 31.2 Å². The Morgan fingerprint density at radius 1 is 1.36 bits per heavy atom. The van der Waals surface area contributed by atoms with Crippen molar-refractivity contribution in [1.29, 1.82) is 0 Å². The molecule has 0 aromatic heterocycles. The first kappa shape index (κ1) is 15.1. The maximum Gasteiger partial charge on any atom is 0.341 e. The number of hydrogen-bond donors (Lipinski definition) is 0. The molecule has 1 aliphatic carbocycles. The van der Waals surface area contributed by atoms with Gasteiger partial charge >= 0.3 is 11.9 Å². The van der Waals surface area contributed by atoms with Crippen molar-refractivity contribution in [3.63, 3.8) is 0 Å². The Kier molecular flexibility index (Phi) is 3.73. The van der Waals surface area contributed by atoms with Crippen molar-refractivity contribution in [3.05, 3.63) is 46.0 Å². The van der Waals surface area contributed by atoms with Gasteiger partial charge in [0.1, 0.15) is 0 Å². The van der Waals surface area contributed by atoms with Gasteiger partial charge in [0.05, 0.1) is 5.56 Å². The van der Waals surface area contributed by atoms with Crippen molar-refractivity contribution < 1.29 is 19.1 Å². The van der Waals surface area contributed by atoms with Crippen LogP contribution in [0.3, 0.4) is 0 Å². The third kappa shape index (κ3) is 2.52. The van der Waals surface area contributed by atoms with Gasteiger partial charge in [-0.05, 0) is 49.9 Å². The van der Waals surface area contributed by atoms with Crippen LogP contribution in [0.1, 0.15) is 43.5 Å². The fraction of sp³-hybridized carbons (Fsp3) is 0.412. The highest BCUT2D eigenvalue weighted by atomic mass is 35.5. The van der Waals surface area contributed by atoms with Gasteiger partial charge in [-0.2, -0.15) is 0 Å². The zero-order valence-corrected chi connectivity index (χ0v) is 13.3. The molecular weight excluding hydrogens is 304 g/mol. The number of halogens is 1. The molecule has 1 fully saturated rings. The summed E-state index contributed by atoms with van der Waals surface area (Å²) in [7, 11) is 0. The van der Waals surface area contributed by atoms with Crippen LogP contribution in [-0.2, 0) is 14.3 Å². The standard InChI is InChI=1S/C17H17ClO4/c1-10-3-8-14-11(2)15(19)21-17(14,9-10)22-16(20)12-4-6-13(18)7-5-12/h4-7,10H,3,8-9H2,1-2H3/t10-,17+/m1/s1. The molecule has 22 heavy (non-hydrogen) atoms. The Morgan fingerprint density at radius 3 is 2.73 bits per heavy atom. The normalized spacial score (nSPS) is 27.4. The molecule has 2 atom stereocenters. The Balaban J connectivity index is 1.89. The molecule has 0 saturated heterocycles. The average Bonchev–Trinajstić information content (AvgIpc) is 2.70. The lowest BCUT2D eigenvalue weighted by atomic mass is 9.81. The summed E-state index contributed by atoms with van der Waals surface area (Å²) in [6, 6.07) is 6.45. The first-order valence-electron chi connectivity index (χ1n) is 7.34. The number of carbonyl (C=O) groups excluding carboxylic acids is 2. The van der Waals surface area contributed by atoms with Gasteiger partial charge in [-0.1, -0.05) is 18.5 Å². The topological polar surface area (TPSA) is 52.6 Å². The molecule has 5 heteroatoms. The van der Waals surface area contributed by atoms with Gasteiger partial charge in [-0.25, -0.2) is 9.59 Å². The molecule has 0 unspecified atom stereocenters. The molecule has 4 nitrogen and oxygen atoms in total. The van der Waals surface area contributed by atoms with Crippen LogP contribution in [0.2, 0.25) is 5.02 Å². The highest BCUT2D eigenvalue weighted by Gasteiger charge is 2.52. The minimum atomic E-state index is -1.23. The number of fused-ring (bicyclic) bond motifs is 1. The molecule has 1 saturated carbocycles. The quantitative estimate of drug-likeness (QED) is 0.776. The molecule has 1 heterocycles. The van der Waals surface area contributed by atoms with Crippen LogP contribution in [0, 0.1) is 5.92 Å². The van der Waals surface area contributed by atoms with E-state index in [0.717, 1.165) is 12.0 Å². The van der Waals surface area contributed by atoms with Crippen LogP contribution >= 0.6 is 11.6 Å². The van der Waals surface area contributed by atoms with E-state index in [1.807, 2.05) is 0 Å². The third-order valence-corrected chi connectivity index (χ3v) is 4.57. The second-order valence-electron chi connectivity index (χ2n) is 5.99. The highest BCUT2D eigenvalue weighted by molar-refractivity contribution is 6.30. The smallest absolute Gasteiger partial charge is 0.341 e. The molecule has 3 rings (SSSR count). The van der Waals surface area contributed by atoms with Crippen LogP contribution in [0.15, 0.2) is 35.4 Å². The summed E-state index contributed by atoms with van der Waals surface area (Å²) in [5.41, 5.74) is 1.76. The van der Waals surface area contributed by atoms with Gasteiger partial charge in [0.25, 0.3) is 5.79 Å². The number of hydrogen-bond acceptors (Lipinski definition) is 4. The Hall–Kier alpha value is -1.81. The molecule has 116 valence electrons. The van der Waals surface area contributed by atoms with Crippen LogP contribution < -0.4 is 0 Å². The second-order valence-corrected chi connectivity index (χ2v) is 6.43. The van der Waals surface area contributed by atoms with Crippen molar-refractivity contribution >= 4 is 23.5 Å². The second kappa shape index (κ2) is 5.43. The summed E-state index contributed by atoms with van der Waals surface area (Å²) < 4.78 is 11.1. The minimum Gasteiger partial charge on any atom is -0.415 e. The summed E-state index contributed by atoms with van der Waals surface area (Å²) in [4.78, 5) is 24.3. The molecular formula is C17H17ClO4. The fourth-order valence-electron chi connectivity index (χ4n) is 3.11. The number of carbonyl (C=O) groups is 2. The zero-order chi connectivity index (χ0) is 15.9. The van der Waals surface area contributed by atoms with Crippen LogP contribution in [0.25, 0.3) is 0 Å². The summed E-state index contributed by atoms with van der Waals surface area (Å²) in [5, 5.41) is 0.546. The van der Waals surface area contributed by atoms with E-state index >= 15 is 0 Å². The summed E-state index contributed by atoms with van der Waals surface area (Å²) in [6.07, 6.45) is 2.18. The lowest BCUT2D eigenvalue weighted by molar-refractivity contribution is -0.191. The van der Waals surface area contributed by atoms with E-state index in [-0.39, 0.29) is 0 Å². The lowest BCUT2D eigenvalue weighted by Crippen LogP contribution is -2.42. The largest absolute Gasteiger partial charge is 0.415 e. The van der Waals surface area contributed by atoms with Crippen molar-refractivity contribution in [2.24, 2.45) is 5.92 Å². The number of esters is 2. The Bertz CT molecular complexity index is 662. The lowest BCUT2D eigenvalue weighted by Gasteiger charge is -2.36. The molecule has 0 amide bonds. The third-order valence-electron chi connectivity index (χ3n) is 4.32. The SMILES string of the molecule is CC1=C2CC[C@@H](C)C[C@@]2(OC(=O)c2ccc(Cl)cc2)OC1=O. The van der Waals surface area contributed by atoms with Crippen LogP contribution in [0.5, 0.6) is 0 Å². The van der Waals surface area contributed by atoms with E-state index in [9.17, 15) is 9.59 Å². The highest BCUT2D eigenvalue weighted by Crippen LogP contribution is 2.46. The predicted octanol–water partition coefficient (Wildman–Crippen LogP) is 3.89. The van der Waals surface area contributed by atoms with Crippen molar-refractivity contribution in [2.45, 2.75) is 38.9 Å². The summed E-state index contributed by atoms with van der Waals surface area (Å²) >= 11 is 5.82. The van der Waals surface area contributed by atoms with E-state index in [0.29, 0.717) is 34.9 Å². The first-order chi connectivity index (χ1) is 10.4. The molecule has 0 bridgehead atoms. The summed E-state index contributed by atoms with van der Waals surface area (Å²) in [6.45, 7) is 3.79. The molecule has 1 aliphatic heterocycles. The van der Waals surface area contributed by atoms with Gasteiger partial charge in [-0.15, -0.1) is 0 Å². The molecule has 0 N–H and O–H groups in total. The molecule has 1 aromatic rings. The van der Waals surface area contributed by atoms with E-state index in [1.165, 1.54) is 0 Å². The molecule has 0 radical (unpaired) electrons. The van der Waals surface area contributed by atoms with Crippen molar-refractivity contribution in [1.82, 2.24) is 0 Å². The van der Waals surface area contributed by atoms with Crippen molar-refractivity contribution in [3.8, 4) is 0 Å². The monoisotopic (exact) mass is 320 g/mol. The zero-order valence-electron chi connectivity index (χ0n) is 12.5. The maximum absolute atomic E-state index is 12.4. The minimum absolute atomic E-state index is 0.320. The first-order valence-corrected chi connectivity index (χ1v) is 7.71. The number of rotatable bonds is 2. The summed E-state index contributed by atoms with van der Waals surface area (Å²) in [5.74, 6) is -1.81. The maximum atomic E-state index is 12.4. The van der Waals surface area contributed by atoms with Gasteiger partial charge < -0.3 is 9.47 Å². The molecule has 1 aromatic carbocycles. The van der Waals surface area contributed by atoms with E-state index in [4.69, 9.17) is 21.1 Å². The van der Waals surface area contributed by atoms with Crippen LogP contribution in [-0.4, -0.2) is 17.7 Å².